The molecule has 1 atom stereocenters. The Hall–Kier alpha value is -2.53. The number of rotatable bonds is 4. The zero-order chi connectivity index (χ0) is 16.9. The average molecular weight is 327 g/mol. The van der Waals surface area contributed by atoms with Crippen LogP contribution in [-0.2, 0) is 11.3 Å². The highest BCUT2D eigenvalue weighted by atomic mass is 16.5. The third kappa shape index (κ3) is 3.68. The van der Waals surface area contributed by atoms with Gasteiger partial charge < -0.3 is 19.5 Å². The van der Waals surface area contributed by atoms with Crippen molar-refractivity contribution in [2.24, 2.45) is 0 Å². The van der Waals surface area contributed by atoms with Crippen LogP contribution in [0.3, 0.4) is 0 Å². The van der Waals surface area contributed by atoms with Crippen molar-refractivity contribution >= 4 is 5.91 Å². The Morgan fingerprint density at radius 1 is 1.29 bits per heavy atom. The molecular weight excluding hydrogens is 306 g/mol. The van der Waals surface area contributed by atoms with Crippen molar-refractivity contribution in [3.05, 3.63) is 59.7 Å². The lowest BCUT2D eigenvalue weighted by Crippen LogP contribution is -2.33. The van der Waals surface area contributed by atoms with E-state index in [1.54, 1.807) is 12.0 Å². The smallest absolute Gasteiger partial charge is 0.225 e. The van der Waals surface area contributed by atoms with Gasteiger partial charge in [0, 0.05) is 18.2 Å². The number of carbonyl (C=O) groups is 1. The number of nitrogens with zero attached hydrogens (tertiary/aromatic N) is 1. The van der Waals surface area contributed by atoms with Crippen LogP contribution in [0, 0.1) is 0 Å². The van der Waals surface area contributed by atoms with E-state index in [-0.39, 0.29) is 12.3 Å². The number of carbonyl (C=O) groups excluding carboxylic acids is 1. The molecule has 0 aromatic heterocycles. The predicted octanol–water partition coefficient (Wildman–Crippen LogP) is 2.54. The fourth-order valence-electron chi connectivity index (χ4n) is 2.78. The standard InChI is InChI=1S/C19H21NO4/c1-23-16-8-7-15-13-20(9-10-24-18(15)11-16)19(22)12-17(21)14-5-3-2-4-6-14/h2-8,11,17,21H,9-10,12-13H2,1H3. The van der Waals surface area contributed by atoms with Crippen LogP contribution in [0.4, 0.5) is 0 Å². The van der Waals surface area contributed by atoms with Gasteiger partial charge in [-0.05, 0) is 17.7 Å². The summed E-state index contributed by atoms with van der Waals surface area (Å²) in [5.74, 6) is 1.39. The van der Waals surface area contributed by atoms with Gasteiger partial charge in [0.15, 0.2) is 0 Å². The van der Waals surface area contributed by atoms with Crippen molar-refractivity contribution in [3.8, 4) is 11.5 Å². The third-order valence-electron chi connectivity index (χ3n) is 4.16. The molecule has 126 valence electrons. The number of hydrogen-bond donors (Lipinski definition) is 1. The fourth-order valence-corrected chi connectivity index (χ4v) is 2.78. The topological polar surface area (TPSA) is 59.0 Å². The summed E-state index contributed by atoms with van der Waals surface area (Å²) in [7, 11) is 1.61. The number of ether oxygens (including phenoxy) is 2. The monoisotopic (exact) mass is 327 g/mol. The Balaban J connectivity index is 1.69. The number of hydrogen-bond acceptors (Lipinski definition) is 4. The Kier molecular flexibility index (Phi) is 5.01. The van der Waals surface area contributed by atoms with E-state index in [2.05, 4.69) is 0 Å². The summed E-state index contributed by atoms with van der Waals surface area (Å²) in [6, 6.07) is 14.8. The number of amides is 1. The van der Waals surface area contributed by atoms with E-state index in [1.165, 1.54) is 0 Å². The first kappa shape index (κ1) is 16.3. The zero-order valence-corrected chi connectivity index (χ0v) is 13.6. The van der Waals surface area contributed by atoms with E-state index in [9.17, 15) is 9.90 Å². The maximum atomic E-state index is 12.6. The van der Waals surface area contributed by atoms with Gasteiger partial charge in [0.2, 0.25) is 5.91 Å². The molecule has 1 aliphatic rings. The fraction of sp³-hybridized carbons (Fsp3) is 0.316. The molecule has 1 N–H and O–H groups in total. The molecule has 0 saturated heterocycles. The van der Waals surface area contributed by atoms with E-state index in [0.717, 1.165) is 22.6 Å². The summed E-state index contributed by atoms with van der Waals surface area (Å²) in [5.41, 5.74) is 1.69. The molecule has 0 spiro atoms. The molecule has 3 rings (SSSR count). The van der Waals surface area contributed by atoms with Gasteiger partial charge in [-0.2, -0.15) is 0 Å². The van der Waals surface area contributed by atoms with Gasteiger partial charge >= 0.3 is 0 Å². The minimum atomic E-state index is -0.793. The Morgan fingerprint density at radius 2 is 2.08 bits per heavy atom. The first-order valence-electron chi connectivity index (χ1n) is 7.98. The van der Waals surface area contributed by atoms with Crippen molar-refractivity contribution in [1.29, 1.82) is 0 Å². The molecule has 0 saturated carbocycles. The highest BCUT2D eigenvalue weighted by molar-refractivity contribution is 5.77. The number of aliphatic hydroxyl groups is 1. The highest BCUT2D eigenvalue weighted by Crippen LogP contribution is 2.28. The first-order chi connectivity index (χ1) is 11.7. The maximum Gasteiger partial charge on any atom is 0.225 e. The Bertz CT molecular complexity index is 702. The number of benzene rings is 2. The average Bonchev–Trinajstić information content (AvgIpc) is 2.84. The lowest BCUT2D eigenvalue weighted by Gasteiger charge is -2.21. The molecule has 0 radical (unpaired) electrons. The molecule has 5 nitrogen and oxygen atoms in total. The summed E-state index contributed by atoms with van der Waals surface area (Å²) in [6.07, 6.45) is -0.728. The van der Waals surface area contributed by atoms with Gasteiger partial charge in [0.25, 0.3) is 0 Å². The number of methoxy groups -OCH3 is 1. The van der Waals surface area contributed by atoms with Crippen molar-refractivity contribution in [1.82, 2.24) is 4.90 Å². The van der Waals surface area contributed by atoms with E-state index in [0.29, 0.717) is 19.7 Å². The largest absolute Gasteiger partial charge is 0.497 e. The van der Waals surface area contributed by atoms with Crippen molar-refractivity contribution in [3.63, 3.8) is 0 Å². The lowest BCUT2D eigenvalue weighted by atomic mass is 10.1. The lowest BCUT2D eigenvalue weighted by molar-refractivity contribution is -0.134. The quantitative estimate of drug-likeness (QED) is 0.937. The van der Waals surface area contributed by atoms with Crippen LogP contribution in [0.15, 0.2) is 48.5 Å². The van der Waals surface area contributed by atoms with Crippen molar-refractivity contribution in [2.75, 3.05) is 20.3 Å². The Labute approximate surface area is 141 Å². The molecule has 2 aromatic carbocycles. The molecule has 0 fully saturated rings. The van der Waals surface area contributed by atoms with Gasteiger partial charge in [-0.1, -0.05) is 30.3 Å². The highest BCUT2D eigenvalue weighted by Gasteiger charge is 2.22. The van der Waals surface area contributed by atoms with Gasteiger partial charge in [-0.3, -0.25) is 4.79 Å². The normalized spacial score (nSPS) is 15.0. The Morgan fingerprint density at radius 3 is 2.83 bits per heavy atom. The molecular formula is C19H21NO4. The minimum absolute atomic E-state index is 0.0650. The van der Waals surface area contributed by atoms with Crippen LogP contribution >= 0.6 is 0 Å². The molecule has 2 aromatic rings. The molecule has 1 heterocycles. The zero-order valence-electron chi connectivity index (χ0n) is 13.6. The van der Waals surface area contributed by atoms with Gasteiger partial charge in [0.05, 0.1) is 26.2 Å². The third-order valence-corrected chi connectivity index (χ3v) is 4.16. The van der Waals surface area contributed by atoms with Crippen molar-refractivity contribution in [2.45, 2.75) is 19.1 Å². The second-order valence-electron chi connectivity index (χ2n) is 5.77. The van der Waals surface area contributed by atoms with Gasteiger partial charge in [-0.15, -0.1) is 0 Å². The van der Waals surface area contributed by atoms with E-state index in [4.69, 9.17) is 9.47 Å². The van der Waals surface area contributed by atoms with Crippen molar-refractivity contribution < 1.29 is 19.4 Å². The van der Waals surface area contributed by atoms with Crippen LogP contribution in [0.5, 0.6) is 11.5 Å². The molecule has 0 bridgehead atoms. The summed E-state index contributed by atoms with van der Waals surface area (Å²) < 4.78 is 10.9. The molecule has 0 aliphatic carbocycles. The molecule has 24 heavy (non-hydrogen) atoms. The van der Waals surface area contributed by atoms with Gasteiger partial charge in [0.1, 0.15) is 18.1 Å². The summed E-state index contributed by atoms with van der Waals surface area (Å²) >= 11 is 0. The summed E-state index contributed by atoms with van der Waals surface area (Å²) in [6.45, 7) is 1.39. The molecule has 1 unspecified atom stereocenters. The molecule has 5 heteroatoms. The predicted molar refractivity (Wildman–Crippen MR) is 89.9 cm³/mol. The van der Waals surface area contributed by atoms with E-state index in [1.807, 2.05) is 48.5 Å². The SMILES string of the molecule is COc1ccc2c(c1)OCCN(C(=O)CC(O)c1ccccc1)C2. The van der Waals surface area contributed by atoms with Crippen LogP contribution < -0.4 is 9.47 Å². The number of aliphatic hydroxyl groups excluding tert-OH is 1. The number of fused-ring (bicyclic) bond motifs is 1. The van der Waals surface area contributed by atoms with Crippen LogP contribution in [-0.4, -0.2) is 36.2 Å². The first-order valence-corrected chi connectivity index (χ1v) is 7.98. The summed E-state index contributed by atoms with van der Waals surface area (Å²) in [5, 5.41) is 10.3. The van der Waals surface area contributed by atoms with Crippen LogP contribution in [0.1, 0.15) is 23.7 Å². The van der Waals surface area contributed by atoms with Crippen LogP contribution in [0.25, 0.3) is 0 Å². The second kappa shape index (κ2) is 7.36. The maximum absolute atomic E-state index is 12.6. The minimum Gasteiger partial charge on any atom is -0.497 e. The second-order valence-corrected chi connectivity index (χ2v) is 5.77. The van der Waals surface area contributed by atoms with Crippen LogP contribution in [0.2, 0.25) is 0 Å². The van der Waals surface area contributed by atoms with Gasteiger partial charge in [-0.25, -0.2) is 0 Å². The van der Waals surface area contributed by atoms with E-state index < -0.39 is 6.10 Å². The molecule has 1 aliphatic heterocycles. The van der Waals surface area contributed by atoms with E-state index >= 15 is 0 Å². The summed E-state index contributed by atoms with van der Waals surface area (Å²) in [4.78, 5) is 14.3. The molecule has 1 amide bonds.